The van der Waals surface area contributed by atoms with Crippen LogP contribution in [0.4, 0.5) is 4.79 Å². The van der Waals surface area contributed by atoms with Crippen molar-refractivity contribution in [3.05, 3.63) is 64.4 Å². The summed E-state index contributed by atoms with van der Waals surface area (Å²) in [5, 5.41) is 22.3. The van der Waals surface area contributed by atoms with E-state index in [1.54, 1.807) is 33.9 Å². The maximum absolute atomic E-state index is 12.9. The Morgan fingerprint density at radius 1 is 1.09 bits per heavy atom. The molecule has 2 heterocycles. The molecular formula is C31H39N7O8S. The third-order valence-corrected chi connectivity index (χ3v) is 7.62. The van der Waals surface area contributed by atoms with E-state index < -0.39 is 66.0 Å². The number of nitrogens with one attached hydrogen (secondary N) is 5. The smallest absolute Gasteiger partial charge is 0.408 e. The van der Waals surface area contributed by atoms with Crippen LogP contribution in [0.2, 0.25) is 0 Å². The molecule has 2 aromatic heterocycles. The second-order valence-corrected chi connectivity index (χ2v) is 12.7. The van der Waals surface area contributed by atoms with E-state index in [-0.39, 0.29) is 17.8 Å². The summed E-state index contributed by atoms with van der Waals surface area (Å²) in [4.78, 5) is 82.9. The monoisotopic (exact) mass is 669 g/mol. The summed E-state index contributed by atoms with van der Waals surface area (Å²) in [6, 6.07) is 4.53. The Bertz CT molecular complexity index is 1670. The molecule has 0 bridgehead atoms. The normalized spacial score (nSPS) is 13.1. The van der Waals surface area contributed by atoms with Gasteiger partial charge in [-0.3, -0.25) is 19.2 Å². The van der Waals surface area contributed by atoms with E-state index in [2.05, 4.69) is 37.8 Å². The molecule has 0 saturated carbocycles. The maximum atomic E-state index is 12.9. The van der Waals surface area contributed by atoms with Crippen LogP contribution >= 0.6 is 11.3 Å². The molecule has 0 saturated heterocycles. The number of thiazole rings is 1. The van der Waals surface area contributed by atoms with Crippen molar-refractivity contribution in [3.63, 3.8) is 0 Å². The lowest BCUT2D eigenvalue weighted by Gasteiger charge is -2.22. The molecule has 15 nitrogen and oxygen atoms in total. The highest BCUT2D eigenvalue weighted by molar-refractivity contribution is 7.09. The first-order valence-electron chi connectivity index (χ1n) is 14.5. The average Bonchev–Trinajstić information content (AvgIpc) is 3.63. The lowest BCUT2D eigenvalue weighted by molar-refractivity contribution is -0.139. The molecule has 0 fully saturated rings. The second kappa shape index (κ2) is 15.4. The lowest BCUT2D eigenvalue weighted by Crippen LogP contribution is -2.48. The number of para-hydroxylation sites is 1. The average molecular weight is 670 g/mol. The Morgan fingerprint density at radius 3 is 2.43 bits per heavy atom. The number of rotatable bonds is 13. The minimum atomic E-state index is -1.21. The number of carbonyl (C=O) groups is 6. The first-order valence-corrected chi connectivity index (χ1v) is 15.4. The van der Waals surface area contributed by atoms with Crippen molar-refractivity contribution < 1.29 is 38.6 Å². The summed E-state index contributed by atoms with van der Waals surface area (Å²) in [5.41, 5.74) is 0.511. The van der Waals surface area contributed by atoms with Gasteiger partial charge in [-0.2, -0.15) is 0 Å². The molecule has 1 aromatic carbocycles. The number of aromatic amines is 1. The summed E-state index contributed by atoms with van der Waals surface area (Å²) < 4.78 is 5.10. The Morgan fingerprint density at radius 2 is 1.77 bits per heavy atom. The topological polar surface area (TPSA) is 212 Å². The number of carboxylic acids is 1. The Labute approximate surface area is 275 Å². The standard InChI is InChI=1S/C31H39N7O8S/c1-16(35-30(45)46-31(4,5)6)25(40)34-18(3)28(42)38(7)14-24(39)33-17(2)27-37-23(15-47-27)26(41)36-22(29(43)44)12-19-13-32-21-11-9-8-10-20(19)21/h8-11,13,15-17,22,32H,3,12,14H2,1-2,4-7H3,(H,33,39)(H,34,40)(H,35,45)(H,36,41)(H,43,44)/t16-,17-,22+/m1/s1. The molecule has 0 spiro atoms. The quantitative estimate of drug-likeness (QED) is 0.147. The van der Waals surface area contributed by atoms with Gasteiger partial charge in [0.05, 0.1) is 18.3 Å². The molecule has 16 heteroatoms. The van der Waals surface area contributed by atoms with Gasteiger partial charge in [-0.25, -0.2) is 14.6 Å². The lowest BCUT2D eigenvalue weighted by atomic mass is 10.0. The van der Waals surface area contributed by atoms with Gasteiger partial charge in [0.15, 0.2) is 0 Å². The predicted octanol–water partition coefficient (Wildman–Crippen LogP) is 2.23. The van der Waals surface area contributed by atoms with Crippen LogP contribution in [0, 0.1) is 0 Å². The van der Waals surface area contributed by atoms with Gasteiger partial charge in [-0.1, -0.05) is 24.8 Å². The number of hydrogen-bond acceptors (Lipinski definition) is 9. The fraction of sp³-hybridized carbons (Fsp3) is 0.387. The molecule has 47 heavy (non-hydrogen) atoms. The number of carbonyl (C=O) groups excluding carboxylic acids is 5. The maximum Gasteiger partial charge on any atom is 0.408 e. The first kappa shape index (κ1) is 36.2. The predicted molar refractivity (Wildman–Crippen MR) is 173 cm³/mol. The van der Waals surface area contributed by atoms with E-state index in [0.717, 1.165) is 32.7 Å². The fourth-order valence-electron chi connectivity index (χ4n) is 4.27. The van der Waals surface area contributed by atoms with Crippen molar-refractivity contribution in [1.82, 2.24) is 36.1 Å². The highest BCUT2D eigenvalue weighted by Gasteiger charge is 2.26. The number of aromatic nitrogens is 2. The van der Waals surface area contributed by atoms with Crippen molar-refractivity contribution in [2.45, 2.75) is 64.8 Å². The fourth-order valence-corrected chi connectivity index (χ4v) is 5.08. The molecule has 0 aliphatic carbocycles. The number of likely N-dealkylation sites (N-methyl/N-ethyl adjacent to an activating group) is 1. The largest absolute Gasteiger partial charge is 0.480 e. The molecule has 3 aromatic rings. The van der Waals surface area contributed by atoms with Crippen LogP contribution < -0.4 is 21.3 Å². The Hall–Kier alpha value is -5.25. The number of H-pyrrole nitrogens is 1. The number of nitrogens with zero attached hydrogens (tertiary/aromatic N) is 2. The van der Waals surface area contributed by atoms with Gasteiger partial charge in [-0.05, 0) is 46.2 Å². The molecule has 0 radical (unpaired) electrons. The first-order chi connectivity index (χ1) is 21.9. The Kier molecular flexibility index (Phi) is 11.8. The molecule has 3 atom stereocenters. The number of hydrogen-bond donors (Lipinski definition) is 6. The number of fused-ring (bicyclic) bond motifs is 1. The van der Waals surface area contributed by atoms with Crippen molar-refractivity contribution >= 4 is 57.9 Å². The third-order valence-electron chi connectivity index (χ3n) is 6.59. The van der Waals surface area contributed by atoms with E-state index in [0.29, 0.717) is 5.01 Å². The number of ether oxygens (including phenoxy) is 1. The summed E-state index contributed by atoms with van der Waals surface area (Å²) in [7, 11) is 1.34. The van der Waals surface area contributed by atoms with Crippen molar-refractivity contribution in [2.75, 3.05) is 13.6 Å². The zero-order valence-electron chi connectivity index (χ0n) is 26.9. The van der Waals surface area contributed by atoms with Gasteiger partial charge in [-0.15, -0.1) is 11.3 Å². The van der Waals surface area contributed by atoms with E-state index in [1.807, 2.05) is 24.3 Å². The molecule has 0 unspecified atom stereocenters. The van der Waals surface area contributed by atoms with Crippen LogP contribution in [-0.4, -0.2) is 86.9 Å². The number of carboxylic acid groups (broad SMARTS) is 1. The highest BCUT2D eigenvalue weighted by Crippen LogP contribution is 2.21. The summed E-state index contributed by atoms with van der Waals surface area (Å²) in [6.45, 7) is 11.2. The highest BCUT2D eigenvalue weighted by atomic mass is 32.1. The second-order valence-electron chi connectivity index (χ2n) is 11.8. The molecule has 5 amide bonds. The van der Waals surface area contributed by atoms with E-state index in [9.17, 15) is 33.9 Å². The molecular weight excluding hydrogens is 630 g/mol. The molecule has 6 N–H and O–H groups in total. The van der Waals surface area contributed by atoms with E-state index in [1.165, 1.54) is 19.4 Å². The van der Waals surface area contributed by atoms with Crippen LogP contribution in [0.1, 0.15) is 61.7 Å². The van der Waals surface area contributed by atoms with Crippen molar-refractivity contribution in [3.8, 4) is 0 Å². The van der Waals surface area contributed by atoms with Crippen LogP contribution in [0.3, 0.4) is 0 Å². The minimum absolute atomic E-state index is 0.00833. The van der Waals surface area contributed by atoms with Gasteiger partial charge in [0.2, 0.25) is 11.8 Å². The van der Waals surface area contributed by atoms with Gasteiger partial charge >= 0.3 is 12.1 Å². The molecule has 0 aliphatic heterocycles. The molecule has 252 valence electrons. The van der Waals surface area contributed by atoms with Crippen LogP contribution in [0.5, 0.6) is 0 Å². The summed E-state index contributed by atoms with van der Waals surface area (Å²) >= 11 is 1.10. The van der Waals surface area contributed by atoms with Gasteiger partial charge in [0.25, 0.3) is 11.8 Å². The zero-order chi connectivity index (χ0) is 35.1. The number of alkyl carbamates (subject to hydrolysis) is 1. The Balaban J connectivity index is 1.50. The van der Waals surface area contributed by atoms with Gasteiger partial charge in [0.1, 0.15) is 28.4 Å². The zero-order valence-corrected chi connectivity index (χ0v) is 27.7. The van der Waals surface area contributed by atoms with Crippen molar-refractivity contribution in [1.29, 1.82) is 0 Å². The number of benzene rings is 1. The number of aliphatic carboxylic acids is 1. The van der Waals surface area contributed by atoms with E-state index >= 15 is 0 Å². The van der Waals surface area contributed by atoms with Gasteiger partial charge in [0, 0.05) is 35.9 Å². The molecule has 3 rings (SSSR count). The van der Waals surface area contributed by atoms with Crippen molar-refractivity contribution in [2.24, 2.45) is 0 Å². The third kappa shape index (κ3) is 10.4. The van der Waals surface area contributed by atoms with Crippen LogP contribution in [0.15, 0.2) is 48.1 Å². The minimum Gasteiger partial charge on any atom is -0.480 e. The summed E-state index contributed by atoms with van der Waals surface area (Å²) in [6.07, 6.45) is 0.958. The van der Waals surface area contributed by atoms with Crippen LogP contribution in [-0.2, 0) is 30.3 Å². The van der Waals surface area contributed by atoms with Crippen LogP contribution in [0.25, 0.3) is 10.9 Å². The summed E-state index contributed by atoms with van der Waals surface area (Å²) in [5.74, 6) is -3.89. The SMILES string of the molecule is C=C(NC(=O)[C@@H](C)NC(=O)OC(C)(C)C)C(=O)N(C)CC(=O)N[C@H](C)c1nc(C(=O)N[C@@H](Cc2c[nH]c3ccccc23)C(=O)O)cs1. The van der Waals surface area contributed by atoms with E-state index in [4.69, 9.17) is 4.74 Å². The number of amides is 5. The molecule has 0 aliphatic rings. The van der Waals surface area contributed by atoms with Gasteiger partial charge < -0.3 is 41.0 Å².